The van der Waals surface area contributed by atoms with E-state index in [1.165, 1.54) is 14.2 Å². The lowest BCUT2D eigenvalue weighted by atomic mass is 10.0. The van der Waals surface area contributed by atoms with Crippen LogP contribution in [0.15, 0.2) is 11.6 Å². The fourth-order valence-electron chi connectivity index (χ4n) is 1.73. The molecule has 0 heterocycles. The Morgan fingerprint density at radius 3 is 2.11 bits per heavy atom. The normalized spacial score (nSPS) is 11.5. The molecule has 4 nitrogen and oxygen atoms in total. The van der Waals surface area contributed by atoms with Crippen LogP contribution < -0.4 is 9.47 Å². The number of hydrogen-bond donors (Lipinski definition) is 2. The lowest BCUT2D eigenvalue weighted by Crippen LogP contribution is -1.98. The Morgan fingerprint density at radius 1 is 1.17 bits per heavy atom. The zero-order valence-electron chi connectivity index (χ0n) is 11.1. The van der Waals surface area contributed by atoms with Crippen molar-refractivity contribution in [3.8, 4) is 23.0 Å². The molecule has 0 aliphatic carbocycles. The Bertz CT molecular complexity index is 471. The van der Waals surface area contributed by atoms with Crippen LogP contribution in [0.2, 0.25) is 0 Å². The monoisotopic (exact) mass is 250 g/mol. The molecule has 0 bridgehead atoms. The standard InChI is InChI=1S/C14H18O4/c1-8(2)6-7-10-9(3)11(15)13(17-4)14(18-5)12(10)16/h1,6,15-16H,7H2,2-5H3/b8-6+. The second-order valence-corrected chi connectivity index (χ2v) is 4.02. The van der Waals surface area contributed by atoms with Gasteiger partial charge in [-0.1, -0.05) is 11.6 Å². The molecule has 4 heteroatoms. The first kappa shape index (κ1) is 14.2. The number of phenolic OH excluding ortho intramolecular Hbond substituents is 2. The molecule has 98 valence electrons. The van der Waals surface area contributed by atoms with E-state index in [9.17, 15) is 10.2 Å². The third kappa shape index (κ3) is 2.53. The molecule has 0 atom stereocenters. The minimum Gasteiger partial charge on any atom is -0.504 e. The van der Waals surface area contributed by atoms with Gasteiger partial charge in [-0.3, -0.25) is 0 Å². The van der Waals surface area contributed by atoms with Crippen LogP contribution in [0.4, 0.5) is 0 Å². The molecule has 0 saturated heterocycles. The third-order valence-electron chi connectivity index (χ3n) is 2.77. The maximum absolute atomic E-state index is 10.1. The summed E-state index contributed by atoms with van der Waals surface area (Å²) in [7, 11) is 2.81. The number of allylic oxidation sites excluding steroid dienone is 2. The van der Waals surface area contributed by atoms with Crippen LogP contribution in [0.25, 0.3) is 0 Å². The van der Waals surface area contributed by atoms with Gasteiger partial charge in [-0.25, -0.2) is 0 Å². The van der Waals surface area contributed by atoms with E-state index in [2.05, 4.69) is 0 Å². The summed E-state index contributed by atoms with van der Waals surface area (Å²) in [6, 6.07) is 0. The predicted octanol–water partition coefficient (Wildman–Crippen LogP) is 2.62. The molecule has 1 aromatic carbocycles. The van der Waals surface area contributed by atoms with Gasteiger partial charge >= 0.3 is 0 Å². The van der Waals surface area contributed by atoms with Crippen molar-refractivity contribution in [3.05, 3.63) is 29.7 Å². The second kappa shape index (κ2) is 5.67. The van der Waals surface area contributed by atoms with Crippen molar-refractivity contribution in [3.63, 3.8) is 0 Å². The molecule has 0 spiro atoms. The summed E-state index contributed by atoms with van der Waals surface area (Å²) >= 11 is 0. The van der Waals surface area contributed by atoms with Gasteiger partial charge in [0.15, 0.2) is 11.5 Å². The van der Waals surface area contributed by atoms with Crippen LogP contribution in [0.1, 0.15) is 18.1 Å². The smallest absolute Gasteiger partial charge is 0.207 e. The first-order chi connectivity index (χ1) is 8.43. The SMILES string of the molecule is [CH]/C(C)=C\Cc1c(C)c(O)c(OC)c(OC)c1O. The summed E-state index contributed by atoms with van der Waals surface area (Å²) in [6.07, 6.45) is 2.17. The summed E-state index contributed by atoms with van der Waals surface area (Å²) in [5, 5.41) is 20.1. The summed E-state index contributed by atoms with van der Waals surface area (Å²) in [6.45, 7) is 9.02. The number of phenols is 2. The zero-order chi connectivity index (χ0) is 13.9. The lowest BCUT2D eigenvalue weighted by molar-refractivity contribution is 0.314. The molecule has 0 aliphatic rings. The molecular weight excluding hydrogens is 232 g/mol. The first-order valence-corrected chi connectivity index (χ1v) is 5.51. The summed E-state index contributed by atoms with van der Waals surface area (Å²) in [5.41, 5.74) is 1.75. The van der Waals surface area contributed by atoms with Crippen LogP contribution in [0.5, 0.6) is 23.0 Å². The Kier molecular flexibility index (Phi) is 4.48. The Morgan fingerprint density at radius 2 is 1.67 bits per heavy atom. The van der Waals surface area contributed by atoms with Gasteiger partial charge in [-0.05, 0) is 27.2 Å². The lowest BCUT2D eigenvalue weighted by Gasteiger charge is -2.17. The Hall–Kier alpha value is -1.84. The van der Waals surface area contributed by atoms with E-state index in [0.717, 1.165) is 0 Å². The van der Waals surface area contributed by atoms with E-state index in [1.54, 1.807) is 19.9 Å². The molecule has 1 rings (SSSR count). The minimum atomic E-state index is -0.0397. The quantitative estimate of drug-likeness (QED) is 0.806. The highest BCUT2D eigenvalue weighted by atomic mass is 16.5. The van der Waals surface area contributed by atoms with E-state index in [0.29, 0.717) is 23.1 Å². The Balaban J connectivity index is 3.44. The van der Waals surface area contributed by atoms with Crippen LogP contribution in [0, 0.1) is 13.8 Å². The fraction of sp³-hybridized carbons (Fsp3) is 0.357. The van der Waals surface area contributed by atoms with Crippen LogP contribution >= 0.6 is 0 Å². The molecule has 2 N–H and O–H groups in total. The fourth-order valence-corrected chi connectivity index (χ4v) is 1.73. The van der Waals surface area contributed by atoms with Gasteiger partial charge in [-0.15, -0.1) is 0 Å². The maximum atomic E-state index is 10.1. The maximum Gasteiger partial charge on any atom is 0.207 e. The van der Waals surface area contributed by atoms with Gasteiger partial charge in [0.25, 0.3) is 0 Å². The summed E-state index contributed by atoms with van der Waals surface area (Å²) in [5.74, 6) is 0.177. The van der Waals surface area contributed by atoms with Crippen molar-refractivity contribution in [2.45, 2.75) is 20.3 Å². The van der Waals surface area contributed by atoms with E-state index < -0.39 is 0 Å². The minimum absolute atomic E-state index is 0.0368. The summed E-state index contributed by atoms with van der Waals surface area (Å²) in [4.78, 5) is 0. The molecule has 0 aliphatic heterocycles. The third-order valence-corrected chi connectivity index (χ3v) is 2.77. The average Bonchev–Trinajstić information content (AvgIpc) is 2.32. The second-order valence-electron chi connectivity index (χ2n) is 4.02. The van der Waals surface area contributed by atoms with Crippen molar-refractivity contribution in [1.82, 2.24) is 0 Å². The number of benzene rings is 1. The largest absolute Gasteiger partial charge is 0.504 e. The van der Waals surface area contributed by atoms with Gasteiger partial charge in [-0.2, -0.15) is 0 Å². The number of hydrogen-bond acceptors (Lipinski definition) is 4. The van der Waals surface area contributed by atoms with Gasteiger partial charge in [0.05, 0.1) is 14.2 Å². The number of methoxy groups -OCH3 is 2. The molecule has 0 fully saturated rings. The molecule has 18 heavy (non-hydrogen) atoms. The molecule has 0 aromatic heterocycles. The highest BCUT2D eigenvalue weighted by Gasteiger charge is 2.22. The van der Waals surface area contributed by atoms with Gasteiger partial charge in [0.2, 0.25) is 11.5 Å². The van der Waals surface area contributed by atoms with Crippen molar-refractivity contribution < 1.29 is 19.7 Å². The van der Waals surface area contributed by atoms with E-state index in [4.69, 9.17) is 16.4 Å². The van der Waals surface area contributed by atoms with E-state index in [-0.39, 0.29) is 23.0 Å². The van der Waals surface area contributed by atoms with Gasteiger partial charge < -0.3 is 19.7 Å². The molecular formula is C14H18O4. The van der Waals surface area contributed by atoms with Crippen LogP contribution in [-0.4, -0.2) is 24.4 Å². The predicted molar refractivity (Wildman–Crippen MR) is 69.4 cm³/mol. The highest BCUT2D eigenvalue weighted by molar-refractivity contribution is 5.66. The van der Waals surface area contributed by atoms with Crippen molar-refractivity contribution in [2.75, 3.05) is 14.2 Å². The molecule has 0 saturated carbocycles. The molecule has 2 radical (unpaired) electrons. The molecule has 0 unspecified atom stereocenters. The van der Waals surface area contributed by atoms with Crippen LogP contribution in [-0.2, 0) is 6.42 Å². The summed E-state index contributed by atoms with van der Waals surface area (Å²) < 4.78 is 10.1. The topological polar surface area (TPSA) is 58.9 Å². The van der Waals surface area contributed by atoms with Crippen LogP contribution in [0.3, 0.4) is 0 Å². The Labute approximate surface area is 107 Å². The number of ether oxygens (including phenoxy) is 2. The van der Waals surface area contributed by atoms with Crippen molar-refractivity contribution in [1.29, 1.82) is 0 Å². The average molecular weight is 250 g/mol. The van der Waals surface area contributed by atoms with Crippen molar-refractivity contribution in [2.24, 2.45) is 0 Å². The zero-order valence-corrected chi connectivity index (χ0v) is 11.1. The highest BCUT2D eigenvalue weighted by Crippen LogP contribution is 2.48. The molecule has 0 amide bonds. The first-order valence-electron chi connectivity index (χ1n) is 5.51. The molecule has 1 aromatic rings. The van der Waals surface area contributed by atoms with E-state index in [1.807, 2.05) is 0 Å². The number of rotatable bonds is 4. The van der Waals surface area contributed by atoms with E-state index >= 15 is 0 Å². The van der Waals surface area contributed by atoms with Gasteiger partial charge in [0, 0.05) is 11.1 Å². The van der Waals surface area contributed by atoms with Crippen molar-refractivity contribution >= 4 is 0 Å². The number of aromatic hydroxyl groups is 2. The van der Waals surface area contributed by atoms with Gasteiger partial charge in [0.1, 0.15) is 0 Å².